The largest absolute Gasteiger partial charge is 0.337 e. The van der Waals surface area contributed by atoms with Crippen molar-refractivity contribution >= 4 is 39.9 Å². The fourth-order valence-electron chi connectivity index (χ4n) is 3.54. The number of nitrogens with zero attached hydrogens (tertiary/aromatic N) is 1. The van der Waals surface area contributed by atoms with Crippen LogP contribution in [0, 0.1) is 12.7 Å². The Morgan fingerprint density at radius 3 is 2.38 bits per heavy atom. The zero-order valence-electron chi connectivity index (χ0n) is 17.1. The number of fused-ring (bicyclic) bond motifs is 1. The van der Waals surface area contributed by atoms with Crippen LogP contribution < -0.4 is 10.7 Å². The highest BCUT2D eigenvalue weighted by atomic mass is 35.5. The molecule has 0 saturated carbocycles. The number of anilines is 1. The molecule has 160 valence electrons. The maximum absolute atomic E-state index is 13.3. The monoisotopic (exact) mass is 448 g/mol. The highest BCUT2D eigenvalue weighted by molar-refractivity contribution is 6.30. The van der Waals surface area contributed by atoms with E-state index in [2.05, 4.69) is 5.32 Å². The van der Waals surface area contributed by atoms with Gasteiger partial charge in [-0.25, -0.2) is 4.39 Å². The van der Waals surface area contributed by atoms with Crippen LogP contribution in [0.15, 0.2) is 77.7 Å². The number of carbonyl (C=O) groups excluding carboxylic acids is 2. The number of hydrogen-bond acceptors (Lipinski definition) is 3. The SMILES string of the molecule is Cc1cccc2c1c(=O)c(C(=O)c1ccc(F)cc1)cn2CC(=O)Nc1ccc(Cl)cc1. The van der Waals surface area contributed by atoms with E-state index in [1.807, 2.05) is 0 Å². The summed E-state index contributed by atoms with van der Waals surface area (Å²) in [5, 5.41) is 3.69. The van der Waals surface area contributed by atoms with Crippen LogP contribution in [0.5, 0.6) is 0 Å². The van der Waals surface area contributed by atoms with Crippen molar-refractivity contribution in [3.63, 3.8) is 0 Å². The van der Waals surface area contributed by atoms with Gasteiger partial charge in [-0.3, -0.25) is 14.4 Å². The molecule has 0 aliphatic heterocycles. The number of carbonyl (C=O) groups is 2. The zero-order chi connectivity index (χ0) is 22.8. The van der Waals surface area contributed by atoms with Crippen LogP contribution in [0.2, 0.25) is 5.02 Å². The van der Waals surface area contributed by atoms with Crippen molar-refractivity contribution in [3.8, 4) is 0 Å². The maximum atomic E-state index is 13.3. The van der Waals surface area contributed by atoms with Gasteiger partial charge in [0.1, 0.15) is 12.4 Å². The minimum atomic E-state index is -0.535. The summed E-state index contributed by atoms with van der Waals surface area (Å²) in [6.45, 7) is 1.65. The quantitative estimate of drug-likeness (QED) is 0.438. The van der Waals surface area contributed by atoms with Gasteiger partial charge in [0.15, 0.2) is 5.78 Å². The molecule has 1 amide bonds. The third kappa shape index (κ3) is 4.31. The molecule has 5 nitrogen and oxygen atoms in total. The molecule has 3 aromatic carbocycles. The summed E-state index contributed by atoms with van der Waals surface area (Å²) in [7, 11) is 0. The molecule has 0 radical (unpaired) electrons. The van der Waals surface area contributed by atoms with Gasteiger partial charge < -0.3 is 9.88 Å². The van der Waals surface area contributed by atoms with E-state index in [4.69, 9.17) is 11.6 Å². The van der Waals surface area contributed by atoms with E-state index in [1.165, 1.54) is 18.3 Å². The van der Waals surface area contributed by atoms with Crippen LogP contribution in [0.4, 0.5) is 10.1 Å². The number of amides is 1. The number of pyridine rings is 1. The van der Waals surface area contributed by atoms with E-state index in [-0.39, 0.29) is 23.6 Å². The highest BCUT2D eigenvalue weighted by Crippen LogP contribution is 2.19. The van der Waals surface area contributed by atoms with E-state index in [0.29, 0.717) is 27.2 Å². The van der Waals surface area contributed by atoms with E-state index in [0.717, 1.165) is 12.1 Å². The van der Waals surface area contributed by atoms with Crippen molar-refractivity contribution in [2.24, 2.45) is 0 Å². The predicted molar refractivity (Wildman–Crippen MR) is 123 cm³/mol. The van der Waals surface area contributed by atoms with Gasteiger partial charge in [0, 0.05) is 27.9 Å². The fraction of sp³-hybridized carbons (Fsp3) is 0.0800. The molecular formula is C25H18ClFN2O3. The molecule has 0 spiro atoms. The number of rotatable bonds is 5. The smallest absolute Gasteiger partial charge is 0.244 e. The van der Waals surface area contributed by atoms with Gasteiger partial charge in [0.25, 0.3) is 0 Å². The standard InChI is InChI=1S/C25H18ClFN2O3/c1-15-3-2-4-21-23(15)25(32)20(24(31)16-5-9-18(27)10-6-16)13-29(21)14-22(30)28-19-11-7-17(26)8-12-19/h2-13H,14H2,1H3,(H,28,30). The second kappa shape index (κ2) is 8.77. The Hall–Kier alpha value is -3.77. The Labute approximate surface area is 188 Å². The number of aryl methyl sites for hydroxylation is 1. The van der Waals surface area contributed by atoms with Crippen molar-refractivity contribution in [2.45, 2.75) is 13.5 Å². The van der Waals surface area contributed by atoms with Crippen LogP contribution in [-0.4, -0.2) is 16.3 Å². The lowest BCUT2D eigenvalue weighted by Gasteiger charge is -2.14. The van der Waals surface area contributed by atoms with Crippen LogP contribution in [0.3, 0.4) is 0 Å². The van der Waals surface area contributed by atoms with E-state index in [9.17, 15) is 18.8 Å². The number of ketones is 1. The highest BCUT2D eigenvalue weighted by Gasteiger charge is 2.19. The van der Waals surface area contributed by atoms with Gasteiger partial charge in [0.05, 0.1) is 11.1 Å². The molecule has 0 saturated heterocycles. The molecule has 0 atom stereocenters. The lowest BCUT2D eigenvalue weighted by Crippen LogP contribution is -2.24. The summed E-state index contributed by atoms with van der Waals surface area (Å²) >= 11 is 5.88. The van der Waals surface area contributed by atoms with Crippen molar-refractivity contribution in [1.29, 1.82) is 0 Å². The first-order valence-corrected chi connectivity index (χ1v) is 10.2. The Morgan fingerprint density at radius 2 is 1.69 bits per heavy atom. The molecule has 0 bridgehead atoms. The average molecular weight is 449 g/mol. The van der Waals surface area contributed by atoms with Crippen molar-refractivity contribution in [2.75, 3.05) is 5.32 Å². The van der Waals surface area contributed by atoms with Crippen LogP contribution in [-0.2, 0) is 11.3 Å². The first kappa shape index (κ1) is 21.5. The molecular weight excluding hydrogens is 431 g/mol. The Bertz CT molecular complexity index is 1390. The molecule has 32 heavy (non-hydrogen) atoms. The normalized spacial score (nSPS) is 10.8. The van der Waals surface area contributed by atoms with Gasteiger partial charge in [-0.1, -0.05) is 23.7 Å². The van der Waals surface area contributed by atoms with Gasteiger partial charge in [0.2, 0.25) is 11.3 Å². The summed E-state index contributed by atoms with van der Waals surface area (Å²) < 4.78 is 14.8. The van der Waals surface area contributed by atoms with Crippen molar-refractivity contribution in [3.05, 3.63) is 111 Å². The third-order valence-electron chi connectivity index (χ3n) is 5.11. The summed E-state index contributed by atoms with van der Waals surface area (Å²) in [6.07, 6.45) is 1.39. The predicted octanol–water partition coefficient (Wildman–Crippen LogP) is 4.97. The van der Waals surface area contributed by atoms with Gasteiger partial charge >= 0.3 is 0 Å². The second-order valence-corrected chi connectivity index (χ2v) is 7.80. The van der Waals surface area contributed by atoms with Crippen LogP contribution in [0.25, 0.3) is 10.9 Å². The Balaban J connectivity index is 1.77. The fourth-order valence-corrected chi connectivity index (χ4v) is 3.67. The number of hydrogen-bond donors (Lipinski definition) is 1. The first-order chi connectivity index (χ1) is 15.3. The minimum Gasteiger partial charge on any atom is -0.337 e. The molecule has 4 aromatic rings. The summed E-state index contributed by atoms with van der Waals surface area (Å²) in [5.41, 5.74) is 1.47. The van der Waals surface area contributed by atoms with Crippen molar-refractivity contribution in [1.82, 2.24) is 4.57 Å². The molecule has 1 aromatic heterocycles. The average Bonchev–Trinajstić information content (AvgIpc) is 2.77. The summed E-state index contributed by atoms with van der Waals surface area (Å²) in [5.74, 6) is -1.35. The summed E-state index contributed by atoms with van der Waals surface area (Å²) in [6, 6.07) is 17.0. The lowest BCUT2D eigenvalue weighted by molar-refractivity contribution is -0.116. The molecule has 0 aliphatic carbocycles. The third-order valence-corrected chi connectivity index (χ3v) is 5.36. The molecule has 1 heterocycles. The Morgan fingerprint density at radius 1 is 1.00 bits per heavy atom. The molecule has 0 aliphatic rings. The number of halogens is 2. The number of nitrogens with one attached hydrogen (secondary N) is 1. The maximum Gasteiger partial charge on any atom is 0.244 e. The summed E-state index contributed by atoms with van der Waals surface area (Å²) in [4.78, 5) is 38.9. The van der Waals surface area contributed by atoms with Crippen molar-refractivity contribution < 1.29 is 14.0 Å². The molecule has 0 fully saturated rings. The Kier molecular flexibility index (Phi) is 5.88. The lowest BCUT2D eigenvalue weighted by atomic mass is 10.0. The van der Waals surface area contributed by atoms with Crippen LogP contribution >= 0.6 is 11.6 Å². The zero-order valence-corrected chi connectivity index (χ0v) is 17.8. The molecule has 1 N–H and O–H groups in total. The second-order valence-electron chi connectivity index (χ2n) is 7.36. The van der Waals surface area contributed by atoms with Gasteiger partial charge in [-0.05, 0) is 67.1 Å². The molecule has 0 unspecified atom stereocenters. The van der Waals surface area contributed by atoms with Gasteiger partial charge in [-0.2, -0.15) is 0 Å². The number of benzene rings is 3. The molecule has 7 heteroatoms. The topological polar surface area (TPSA) is 68.2 Å². The van der Waals surface area contributed by atoms with E-state index in [1.54, 1.807) is 54.0 Å². The van der Waals surface area contributed by atoms with E-state index >= 15 is 0 Å². The van der Waals surface area contributed by atoms with E-state index < -0.39 is 17.0 Å². The van der Waals surface area contributed by atoms with Crippen LogP contribution in [0.1, 0.15) is 21.5 Å². The first-order valence-electron chi connectivity index (χ1n) is 9.82. The minimum absolute atomic E-state index is 0.0855. The number of aromatic nitrogens is 1. The molecule has 4 rings (SSSR count). The van der Waals surface area contributed by atoms with Gasteiger partial charge in [-0.15, -0.1) is 0 Å².